The molecule has 0 radical (unpaired) electrons. The summed E-state index contributed by atoms with van der Waals surface area (Å²) >= 11 is 2.09. The number of hydrogen-bond acceptors (Lipinski definition) is 3. The standard InChI is InChI=1S/C14H21NOS/c1-2-15-13(14-7-4-8-17-14)10-11-5-3-6-12(16)9-11/h3,5-6,9,13-16H,2,4,7-8,10H2,1H3. The van der Waals surface area contributed by atoms with E-state index in [-0.39, 0.29) is 0 Å². The van der Waals surface area contributed by atoms with Gasteiger partial charge in [-0.25, -0.2) is 0 Å². The molecule has 1 heterocycles. The van der Waals surface area contributed by atoms with E-state index in [2.05, 4.69) is 30.1 Å². The highest BCUT2D eigenvalue weighted by atomic mass is 32.2. The van der Waals surface area contributed by atoms with E-state index in [0.717, 1.165) is 18.2 Å². The molecule has 1 aliphatic rings. The van der Waals surface area contributed by atoms with Crippen molar-refractivity contribution in [2.75, 3.05) is 12.3 Å². The summed E-state index contributed by atoms with van der Waals surface area (Å²) in [5, 5.41) is 13.8. The molecule has 0 spiro atoms. The highest BCUT2D eigenvalue weighted by Gasteiger charge is 2.25. The van der Waals surface area contributed by atoms with E-state index in [4.69, 9.17) is 0 Å². The Kier molecular flexibility index (Phi) is 4.75. The molecule has 1 aromatic rings. The minimum Gasteiger partial charge on any atom is -0.508 e. The maximum absolute atomic E-state index is 9.50. The van der Waals surface area contributed by atoms with Gasteiger partial charge < -0.3 is 10.4 Å². The second-order valence-corrected chi connectivity index (χ2v) is 5.94. The monoisotopic (exact) mass is 251 g/mol. The van der Waals surface area contributed by atoms with Crippen LogP contribution < -0.4 is 5.32 Å². The second kappa shape index (κ2) is 6.31. The van der Waals surface area contributed by atoms with Gasteiger partial charge in [0.1, 0.15) is 5.75 Å². The van der Waals surface area contributed by atoms with Gasteiger partial charge in [0.15, 0.2) is 0 Å². The number of hydrogen-bond donors (Lipinski definition) is 2. The number of rotatable bonds is 5. The predicted molar refractivity (Wildman–Crippen MR) is 74.8 cm³/mol. The van der Waals surface area contributed by atoms with E-state index in [1.54, 1.807) is 6.07 Å². The van der Waals surface area contributed by atoms with E-state index in [9.17, 15) is 5.11 Å². The van der Waals surface area contributed by atoms with Crippen LogP contribution in [0.1, 0.15) is 25.3 Å². The van der Waals surface area contributed by atoms with Gasteiger partial charge in [-0.2, -0.15) is 11.8 Å². The van der Waals surface area contributed by atoms with Crippen molar-refractivity contribution in [3.05, 3.63) is 29.8 Å². The van der Waals surface area contributed by atoms with Crippen LogP contribution in [-0.2, 0) is 6.42 Å². The first-order chi connectivity index (χ1) is 8.29. The molecule has 1 fully saturated rings. The third kappa shape index (κ3) is 3.65. The molecule has 1 aliphatic heterocycles. The maximum Gasteiger partial charge on any atom is 0.115 e. The Morgan fingerprint density at radius 1 is 1.53 bits per heavy atom. The molecule has 0 bridgehead atoms. The molecule has 0 aromatic heterocycles. The van der Waals surface area contributed by atoms with E-state index in [1.807, 2.05) is 12.1 Å². The Bertz CT molecular complexity index is 350. The van der Waals surface area contributed by atoms with Gasteiger partial charge in [-0.15, -0.1) is 0 Å². The Balaban J connectivity index is 2.01. The summed E-state index contributed by atoms with van der Waals surface area (Å²) in [4.78, 5) is 0. The lowest BCUT2D eigenvalue weighted by Crippen LogP contribution is -2.38. The molecule has 94 valence electrons. The molecule has 2 unspecified atom stereocenters. The molecular weight excluding hydrogens is 230 g/mol. The van der Waals surface area contributed by atoms with Gasteiger partial charge in [-0.3, -0.25) is 0 Å². The highest BCUT2D eigenvalue weighted by Crippen LogP contribution is 2.30. The van der Waals surface area contributed by atoms with Crippen LogP contribution in [0, 0.1) is 0 Å². The fraction of sp³-hybridized carbons (Fsp3) is 0.571. The van der Waals surface area contributed by atoms with Crippen molar-refractivity contribution in [1.29, 1.82) is 0 Å². The third-order valence-corrected chi connectivity index (χ3v) is 4.76. The van der Waals surface area contributed by atoms with Crippen molar-refractivity contribution in [3.8, 4) is 5.75 Å². The average molecular weight is 251 g/mol. The molecule has 1 saturated heterocycles. The second-order valence-electron chi connectivity index (χ2n) is 4.59. The number of aromatic hydroxyl groups is 1. The largest absolute Gasteiger partial charge is 0.508 e. The zero-order valence-corrected chi connectivity index (χ0v) is 11.2. The average Bonchev–Trinajstić information content (AvgIpc) is 2.82. The minimum atomic E-state index is 0.372. The van der Waals surface area contributed by atoms with Crippen LogP contribution >= 0.6 is 11.8 Å². The normalized spacial score (nSPS) is 21.6. The molecule has 0 amide bonds. The smallest absolute Gasteiger partial charge is 0.115 e. The summed E-state index contributed by atoms with van der Waals surface area (Å²) in [7, 11) is 0. The van der Waals surface area contributed by atoms with Crippen molar-refractivity contribution in [3.63, 3.8) is 0 Å². The SMILES string of the molecule is CCNC(Cc1cccc(O)c1)C1CCCS1. The Labute approximate surface area is 108 Å². The van der Waals surface area contributed by atoms with Crippen LogP contribution in [-0.4, -0.2) is 28.7 Å². The van der Waals surface area contributed by atoms with E-state index in [1.165, 1.54) is 24.2 Å². The van der Waals surface area contributed by atoms with Gasteiger partial charge in [0.2, 0.25) is 0 Å². The molecular formula is C14H21NOS. The molecule has 17 heavy (non-hydrogen) atoms. The van der Waals surface area contributed by atoms with Gasteiger partial charge in [0.25, 0.3) is 0 Å². The van der Waals surface area contributed by atoms with Gasteiger partial charge in [0.05, 0.1) is 0 Å². The summed E-state index contributed by atoms with van der Waals surface area (Å²) in [6.45, 7) is 3.18. The highest BCUT2D eigenvalue weighted by molar-refractivity contribution is 8.00. The zero-order chi connectivity index (χ0) is 12.1. The topological polar surface area (TPSA) is 32.3 Å². The number of phenolic OH excluding ortho intramolecular Hbond substituents is 1. The summed E-state index contributed by atoms with van der Waals surface area (Å²) in [6, 6.07) is 8.17. The van der Waals surface area contributed by atoms with Crippen molar-refractivity contribution >= 4 is 11.8 Å². The molecule has 2 nitrogen and oxygen atoms in total. The fourth-order valence-electron chi connectivity index (χ4n) is 2.45. The number of thioether (sulfide) groups is 1. The molecule has 2 atom stereocenters. The lowest BCUT2D eigenvalue weighted by molar-refractivity contribution is 0.470. The number of nitrogens with one attached hydrogen (secondary N) is 1. The van der Waals surface area contributed by atoms with Crippen molar-refractivity contribution in [1.82, 2.24) is 5.32 Å². The first-order valence-electron chi connectivity index (χ1n) is 6.42. The molecule has 3 heteroatoms. The molecule has 0 aliphatic carbocycles. The molecule has 1 aromatic carbocycles. The summed E-state index contributed by atoms with van der Waals surface area (Å²) < 4.78 is 0. The van der Waals surface area contributed by atoms with Crippen molar-refractivity contribution in [2.45, 2.75) is 37.5 Å². The minimum absolute atomic E-state index is 0.372. The van der Waals surface area contributed by atoms with Crippen LogP contribution in [0.3, 0.4) is 0 Å². The Hall–Kier alpha value is -0.670. The first kappa shape index (κ1) is 12.8. The van der Waals surface area contributed by atoms with Crippen molar-refractivity contribution < 1.29 is 5.11 Å². The van der Waals surface area contributed by atoms with Crippen LogP contribution in [0.15, 0.2) is 24.3 Å². The summed E-state index contributed by atoms with van der Waals surface area (Å²) in [5.41, 5.74) is 1.23. The lowest BCUT2D eigenvalue weighted by Gasteiger charge is -2.23. The quantitative estimate of drug-likeness (QED) is 0.844. The first-order valence-corrected chi connectivity index (χ1v) is 7.47. The van der Waals surface area contributed by atoms with Crippen LogP contribution in [0.4, 0.5) is 0 Å². The third-order valence-electron chi connectivity index (χ3n) is 3.25. The Morgan fingerprint density at radius 3 is 3.06 bits per heavy atom. The summed E-state index contributed by atoms with van der Waals surface area (Å²) in [5.74, 6) is 1.67. The van der Waals surface area contributed by atoms with Gasteiger partial charge >= 0.3 is 0 Å². The van der Waals surface area contributed by atoms with E-state index in [0.29, 0.717) is 11.8 Å². The molecule has 2 rings (SSSR count). The number of benzene rings is 1. The fourth-order valence-corrected chi connectivity index (χ4v) is 3.85. The lowest BCUT2D eigenvalue weighted by atomic mass is 10.0. The Morgan fingerprint density at radius 2 is 2.41 bits per heavy atom. The van der Waals surface area contributed by atoms with E-state index < -0.39 is 0 Å². The van der Waals surface area contributed by atoms with Gasteiger partial charge in [-0.05, 0) is 49.3 Å². The van der Waals surface area contributed by atoms with Gasteiger partial charge in [-0.1, -0.05) is 19.1 Å². The van der Waals surface area contributed by atoms with Crippen LogP contribution in [0.2, 0.25) is 0 Å². The zero-order valence-electron chi connectivity index (χ0n) is 10.4. The molecule has 2 N–H and O–H groups in total. The van der Waals surface area contributed by atoms with E-state index >= 15 is 0 Å². The van der Waals surface area contributed by atoms with Crippen molar-refractivity contribution in [2.24, 2.45) is 0 Å². The van der Waals surface area contributed by atoms with Crippen LogP contribution in [0.5, 0.6) is 5.75 Å². The molecule has 0 saturated carbocycles. The predicted octanol–water partition coefficient (Wildman–Crippen LogP) is 2.81. The maximum atomic E-state index is 9.50. The number of phenols is 1. The van der Waals surface area contributed by atoms with Gasteiger partial charge in [0, 0.05) is 11.3 Å². The van der Waals surface area contributed by atoms with Crippen LogP contribution in [0.25, 0.3) is 0 Å². The number of likely N-dealkylation sites (N-methyl/N-ethyl adjacent to an activating group) is 1. The summed E-state index contributed by atoms with van der Waals surface area (Å²) in [6.07, 6.45) is 3.68.